The van der Waals surface area contributed by atoms with E-state index in [-0.39, 0.29) is 30.0 Å². The van der Waals surface area contributed by atoms with Crippen molar-refractivity contribution < 1.29 is 29.4 Å². The fourth-order valence-electron chi connectivity index (χ4n) is 3.16. The van der Waals surface area contributed by atoms with Gasteiger partial charge in [0, 0.05) is 11.2 Å². The average molecular weight is 373 g/mol. The maximum Gasteiger partial charge on any atom is 0.327 e. The molecule has 2 aliphatic rings. The van der Waals surface area contributed by atoms with Gasteiger partial charge in [-0.05, 0) is 26.7 Å². The van der Waals surface area contributed by atoms with Crippen LogP contribution in [0.4, 0.5) is 0 Å². The Morgan fingerprint density at radius 2 is 1.96 bits per heavy atom. The summed E-state index contributed by atoms with van der Waals surface area (Å²) in [6.45, 7) is 3.54. The molecule has 4 atom stereocenters. The fourth-order valence-corrected chi connectivity index (χ4v) is 4.79. The summed E-state index contributed by atoms with van der Waals surface area (Å²) in [6, 6.07) is -2.54. The number of β-lactam (4-membered cyclic amide) rings is 1. The predicted molar refractivity (Wildman–Crippen MR) is 89.7 cm³/mol. The van der Waals surface area contributed by atoms with E-state index in [2.05, 4.69) is 5.32 Å². The van der Waals surface area contributed by atoms with Gasteiger partial charge in [-0.3, -0.25) is 14.4 Å². The Morgan fingerprint density at radius 1 is 1.32 bits per heavy atom. The maximum absolute atomic E-state index is 12.2. The summed E-state index contributed by atoms with van der Waals surface area (Å²) < 4.78 is -0.626. The number of nitrogens with one attached hydrogen (secondary N) is 1. The van der Waals surface area contributed by atoms with Crippen LogP contribution in [0.3, 0.4) is 0 Å². The number of fused-ring (bicyclic) bond motifs is 1. The van der Waals surface area contributed by atoms with E-state index in [1.165, 1.54) is 16.7 Å². The van der Waals surface area contributed by atoms with Crippen molar-refractivity contribution in [3.8, 4) is 0 Å². The van der Waals surface area contributed by atoms with E-state index in [1.54, 1.807) is 13.8 Å². The molecule has 0 bridgehead atoms. The van der Waals surface area contributed by atoms with Gasteiger partial charge in [0.05, 0.1) is 0 Å². The second-order valence-electron chi connectivity index (χ2n) is 6.83. The van der Waals surface area contributed by atoms with Gasteiger partial charge in [0.25, 0.3) is 0 Å². The normalized spacial score (nSPS) is 28.0. The van der Waals surface area contributed by atoms with Crippen LogP contribution < -0.4 is 11.1 Å². The number of rotatable bonds is 8. The van der Waals surface area contributed by atoms with Crippen LogP contribution in [0.25, 0.3) is 0 Å². The third-order valence-electron chi connectivity index (χ3n) is 4.48. The fraction of sp³-hybridized carbons (Fsp3) is 0.733. The summed E-state index contributed by atoms with van der Waals surface area (Å²) >= 11 is 1.37. The van der Waals surface area contributed by atoms with Crippen molar-refractivity contribution in [2.24, 2.45) is 5.73 Å². The Labute approximate surface area is 149 Å². The number of aliphatic carboxylic acids is 2. The standard InChI is InChI=1S/C15H23N3O6S/c1-15(2)10(14(23)24)18-11(20)9(12(18)25-15)17-8(19)6-4-3-5-7(16)13(21)22/h7,9-10,12H,3-6,16H2,1-2H3,(H,17,19)(H,21,22)(H,23,24). The number of nitrogens with two attached hydrogens (primary N) is 1. The van der Waals surface area contributed by atoms with Gasteiger partial charge in [0.2, 0.25) is 11.8 Å². The number of carboxylic acid groups (broad SMARTS) is 2. The molecular formula is C15H23N3O6S. The van der Waals surface area contributed by atoms with E-state index in [4.69, 9.17) is 10.8 Å². The third-order valence-corrected chi connectivity index (χ3v) is 6.05. The number of hydrogen-bond acceptors (Lipinski definition) is 6. The lowest BCUT2D eigenvalue weighted by molar-refractivity contribution is -0.161. The number of carbonyl (C=O) groups is 4. The molecule has 25 heavy (non-hydrogen) atoms. The van der Waals surface area contributed by atoms with Crippen LogP contribution in [0.2, 0.25) is 0 Å². The van der Waals surface area contributed by atoms with Gasteiger partial charge in [-0.2, -0.15) is 0 Å². The first kappa shape index (κ1) is 19.5. The highest BCUT2D eigenvalue weighted by Crippen LogP contribution is 2.50. The molecule has 10 heteroatoms. The quantitative estimate of drug-likeness (QED) is 0.331. The molecule has 2 heterocycles. The van der Waals surface area contributed by atoms with Crippen LogP contribution in [0.15, 0.2) is 0 Å². The third kappa shape index (κ3) is 3.90. The number of hydrogen-bond donors (Lipinski definition) is 4. The van der Waals surface area contributed by atoms with Crippen LogP contribution in [-0.2, 0) is 19.2 Å². The SMILES string of the molecule is CC1(C)SC2C(NC(=O)CCCCC(N)C(=O)O)C(=O)N2C1C(=O)O. The molecule has 2 rings (SSSR count). The summed E-state index contributed by atoms with van der Waals surface area (Å²) in [5, 5.41) is 20.3. The number of carbonyl (C=O) groups excluding carboxylic acids is 2. The maximum atomic E-state index is 12.2. The predicted octanol–water partition coefficient (Wildman–Crippen LogP) is -0.410. The average Bonchev–Trinajstić information content (AvgIpc) is 2.77. The molecule has 0 radical (unpaired) electrons. The van der Waals surface area contributed by atoms with Crippen molar-refractivity contribution in [2.75, 3.05) is 0 Å². The van der Waals surface area contributed by atoms with Gasteiger partial charge in [-0.1, -0.05) is 6.42 Å². The lowest BCUT2D eigenvalue weighted by atomic mass is 9.96. The summed E-state index contributed by atoms with van der Waals surface area (Å²) in [5.74, 6) is -2.80. The molecule has 140 valence electrons. The van der Waals surface area contributed by atoms with E-state index >= 15 is 0 Å². The second kappa shape index (κ2) is 7.20. The number of amides is 2. The van der Waals surface area contributed by atoms with Crippen LogP contribution in [0, 0.1) is 0 Å². The highest BCUT2D eigenvalue weighted by atomic mass is 32.2. The van der Waals surface area contributed by atoms with Gasteiger partial charge in [-0.25, -0.2) is 4.79 Å². The van der Waals surface area contributed by atoms with E-state index in [1.807, 2.05) is 0 Å². The largest absolute Gasteiger partial charge is 0.480 e. The molecule has 0 aromatic rings. The Bertz CT molecular complexity index is 596. The first-order chi connectivity index (χ1) is 11.6. The highest BCUT2D eigenvalue weighted by molar-refractivity contribution is 8.01. The Hall–Kier alpha value is -1.81. The molecule has 0 saturated carbocycles. The molecule has 0 spiro atoms. The molecule has 0 aliphatic carbocycles. The zero-order chi connectivity index (χ0) is 18.9. The molecular weight excluding hydrogens is 350 g/mol. The van der Waals surface area contributed by atoms with Gasteiger partial charge >= 0.3 is 11.9 Å². The molecule has 0 aromatic carbocycles. The molecule has 5 N–H and O–H groups in total. The van der Waals surface area contributed by atoms with Crippen molar-refractivity contribution >= 4 is 35.5 Å². The molecule has 9 nitrogen and oxygen atoms in total. The zero-order valence-corrected chi connectivity index (χ0v) is 14.9. The summed E-state index contributed by atoms with van der Waals surface area (Å²) in [5.41, 5.74) is 5.38. The van der Waals surface area contributed by atoms with Crippen molar-refractivity contribution in [3.63, 3.8) is 0 Å². The van der Waals surface area contributed by atoms with Crippen LogP contribution in [0.5, 0.6) is 0 Å². The molecule has 2 saturated heterocycles. The van der Waals surface area contributed by atoms with E-state index in [0.717, 1.165) is 0 Å². The minimum Gasteiger partial charge on any atom is -0.480 e. The molecule has 2 fully saturated rings. The monoisotopic (exact) mass is 373 g/mol. The van der Waals surface area contributed by atoms with Gasteiger partial charge in [0.1, 0.15) is 23.5 Å². The summed E-state index contributed by atoms with van der Waals surface area (Å²) in [7, 11) is 0. The van der Waals surface area contributed by atoms with Gasteiger partial charge < -0.3 is 26.2 Å². The van der Waals surface area contributed by atoms with Crippen molar-refractivity contribution in [2.45, 2.75) is 67.8 Å². The van der Waals surface area contributed by atoms with Gasteiger partial charge in [-0.15, -0.1) is 11.8 Å². The summed E-state index contributed by atoms with van der Waals surface area (Å²) in [4.78, 5) is 47.5. The van der Waals surface area contributed by atoms with Crippen LogP contribution >= 0.6 is 11.8 Å². The lowest BCUT2D eigenvalue weighted by Gasteiger charge is -2.43. The van der Waals surface area contributed by atoms with Crippen LogP contribution in [0.1, 0.15) is 39.5 Å². The Morgan fingerprint density at radius 3 is 2.52 bits per heavy atom. The number of nitrogens with zero attached hydrogens (tertiary/aromatic N) is 1. The van der Waals surface area contributed by atoms with E-state index in [0.29, 0.717) is 12.8 Å². The first-order valence-corrected chi connectivity index (χ1v) is 8.95. The van der Waals surface area contributed by atoms with Gasteiger partial charge in [0.15, 0.2) is 0 Å². The second-order valence-corrected chi connectivity index (χ2v) is 8.60. The van der Waals surface area contributed by atoms with Crippen LogP contribution in [-0.4, -0.2) is 67.1 Å². The number of thioether (sulfide) groups is 1. The molecule has 0 aromatic heterocycles. The van der Waals surface area contributed by atoms with Crippen molar-refractivity contribution in [1.29, 1.82) is 0 Å². The smallest absolute Gasteiger partial charge is 0.327 e. The van der Waals surface area contributed by atoms with Crippen molar-refractivity contribution in [1.82, 2.24) is 10.2 Å². The van der Waals surface area contributed by atoms with E-state index in [9.17, 15) is 24.3 Å². The molecule has 2 amide bonds. The Kier molecular flexibility index (Phi) is 5.62. The lowest BCUT2D eigenvalue weighted by Crippen LogP contribution is -2.70. The zero-order valence-electron chi connectivity index (χ0n) is 14.1. The Balaban J connectivity index is 1.81. The minimum absolute atomic E-state index is 0.166. The highest BCUT2D eigenvalue weighted by Gasteiger charge is 2.64. The topological polar surface area (TPSA) is 150 Å². The number of carboxylic acids is 2. The summed E-state index contributed by atoms with van der Waals surface area (Å²) in [6.07, 6.45) is 1.42. The number of unbranched alkanes of at least 4 members (excludes halogenated alkanes) is 1. The first-order valence-electron chi connectivity index (χ1n) is 8.07. The van der Waals surface area contributed by atoms with E-state index < -0.39 is 34.8 Å². The molecule has 4 unspecified atom stereocenters. The molecule has 2 aliphatic heterocycles. The minimum atomic E-state index is -1.07. The van der Waals surface area contributed by atoms with Crippen molar-refractivity contribution in [3.05, 3.63) is 0 Å².